The Morgan fingerprint density at radius 1 is 0.906 bits per heavy atom. The third-order valence-corrected chi connectivity index (χ3v) is 6.27. The molecule has 0 saturated heterocycles. The zero-order chi connectivity index (χ0) is 24.1. The Hall–Kier alpha value is -0.500. The third-order valence-electron chi connectivity index (χ3n) is 5.19. The van der Waals surface area contributed by atoms with E-state index in [-0.39, 0.29) is 13.2 Å². The van der Waals surface area contributed by atoms with E-state index in [2.05, 4.69) is 6.92 Å². The molecule has 32 heavy (non-hydrogen) atoms. The van der Waals surface area contributed by atoms with Crippen molar-refractivity contribution < 1.29 is 33.1 Å². The molecular weight excluding hydrogens is 433 g/mol. The molecule has 0 aromatic carbocycles. The van der Waals surface area contributed by atoms with Gasteiger partial charge in [-0.1, -0.05) is 84.0 Å². The predicted octanol–water partition coefficient (Wildman–Crippen LogP) is 5.07. The van der Waals surface area contributed by atoms with E-state index in [1.165, 1.54) is 64.2 Å². The summed E-state index contributed by atoms with van der Waals surface area (Å²) in [5.74, 6) is -0.392. The van der Waals surface area contributed by atoms with Crippen molar-refractivity contribution in [1.29, 1.82) is 0 Å². The molecule has 0 amide bonds. The summed E-state index contributed by atoms with van der Waals surface area (Å²) in [5.41, 5.74) is 0. The first kappa shape index (κ1) is 31.5. The molecule has 0 aliphatic carbocycles. The van der Waals surface area contributed by atoms with Crippen molar-refractivity contribution in [3.63, 3.8) is 0 Å². The zero-order valence-electron chi connectivity index (χ0n) is 20.6. The van der Waals surface area contributed by atoms with Crippen molar-refractivity contribution in [3.05, 3.63) is 0 Å². The number of ether oxygens (including phenoxy) is 1. The van der Waals surface area contributed by atoms with E-state index < -0.39 is 26.5 Å². The van der Waals surface area contributed by atoms with Crippen LogP contribution < -0.4 is 0 Å². The van der Waals surface area contributed by atoms with Gasteiger partial charge < -0.3 is 19.6 Å². The Morgan fingerprint density at radius 3 is 1.88 bits per heavy atom. The van der Waals surface area contributed by atoms with Crippen LogP contribution in [0.5, 0.6) is 0 Å². The minimum absolute atomic E-state index is 0.0117. The van der Waals surface area contributed by atoms with Crippen LogP contribution in [0.25, 0.3) is 0 Å². The number of aliphatic hydroxyl groups is 1. The first-order chi connectivity index (χ1) is 15.3. The number of rotatable bonds is 23. The van der Waals surface area contributed by atoms with Gasteiger partial charge in [0.2, 0.25) is 0 Å². The highest BCUT2D eigenvalue weighted by Gasteiger charge is 2.27. The fourth-order valence-corrected chi connectivity index (χ4v) is 4.10. The monoisotopic (exact) mass is 481 g/mol. The lowest BCUT2D eigenvalue weighted by molar-refractivity contribution is -0.147. The molecule has 0 aromatic rings. The lowest BCUT2D eigenvalue weighted by Gasteiger charge is -2.19. The van der Waals surface area contributed by atoms with Crippen LogP contribution in [0, 0.1) is 0 Å². The first-order valence-corrected chi connectivity index (χ1v) is 13.9. The normalized spacial score (nSPS) is 14.4. The predicted molar refractivity (Wildman–Crippen MR) is 128 cm³/mol. The standard InChI is InChI=1S/C23H48NO7P/c1-4-5-6-7-8-9-10-11-12-13-14-15-16-17-23(26)29-21-22(20-25)31-32(27,28)30-19-18-24(2)3/h22,25H,4-21H2,1-3H3,(H,27,28)/t22-/m0/s1. The number of carbonyl (C=O) groups excluding carboxylic acids is 1. The molecule has 0 spiro atoms. The van der Waals surface area contributed by atoms with Crippen LogP contribution in [0.2, 0.25) is 0 Å². The fourth-order valence-electron chi connectivity index (χ4n) is 3.22. The van der Waals surface area contributed by atoms with Gasteiger partial charge in [-0.25, -0.2) is 4.57 Å². The molecule has 1 unspecified atom stereocenters. The van der Waals surface area contributed by atoms with E-state index in [1.807, 2.05) is 0 Å². The summed E-state index contributed by atoms with van der Waals surface area (Å²) in [6, 6.07) is 0. The number of esters is 1. The van der Waals surface area contributed by atoms with Crippen LogP contribution >= 0.6 is 7.82 Å². The SMILES string of the molecule is CCCCCCCCCCCCCCCC(=O)OC[C@H](CO)OP(=O)(O)OCCN(C)C. The van der Waals surface area contributed by atoms with Crippen molar-refractivity contribution in [2.45, 2.75) is 103 Å². The Bertz CT molecular complexity index is 491. The molecule has 192 valence electrons. The molecule has 0 radical (unpaired) electrons. The highest BCUT2D eigenvalue weighted by atomic mass is 31.2. The second-order valence-corrected chi connectivity index (χ2v) is 10.1. The third kappa shape index (κ3) is 21.4. The van der Waals surface area contributed by atoms with Gasteiger partial charge in [-0.15, -0.1) is 0 Å². The molecule has 0 saturated carbocycles. The molecule has 0 rings (SSSR count). The molecule has 2 N–H and O–H groups in total. The van der Waals surface area contributed by atoms with Gasteiger partial charge in [0, 0.05) is 13.0 Å². The maximum atomic E-state index is 11.9. The number of aliphatic hydroxyl groups excluding tert-OH is 1. The van der Waals surface area contributed by atoms with E-state index in [4.69, 9.17) is 13.8 Å². The molecule has 0 heterocycles. The summed E-state index contributed by atoms with van der Waals surface area (Å²) in [7, 11) is -0.700. The fraction of sp³-hybridized carbons (Fsp3) is 0.957. The topological polar surface area (TPSA) is 106 Å². The number of nitrogens with zero attached hydrogens (tertiary/aromatic N) is 1. The number of unbranched alkanes of at least 4 members (excludes halogenated alkanes) is 12. The average molecular weight is 482 g/mol. The lowest BCUT2D eigenvalue weighted by atomic mass is 10.0. The van der Waals surface area contributed by atoms with E-state index in [9.17, 15) is 19.4 Å². The largest absolute Gasteiger partial charge is 0.472 e. The molecule has 9 heteroatoms. The van der Waals surface area contributed by atoms with Crippen molar-refractivity contribution in [2.24, 2.45) is 0 Å². The van der Waals surface area contributed by atoms with Crippen LogP contribution in [-0.2, 0) is 23.1 Å². The number of hydrogen-bond donors (Lipinski definition) is 2. The van der Waals surface area contributed by atoms with Crippen LogP contribution in [0.15, 0.2) is 0 Å². The Morgan fingerprint density at radius 2 is 1.41 bits per heavy atom. The van der Waals surface area contributed by atoms with E-state index in [0.717, 1.165) is 19.3 Å². The molecule has 8 nitrogen and oxygen atoms in total. The van der Waals surface area contributed by atoms with E-state index >= 15 is 0 Å². The van der Waals surface area contributed by atoms with Crippen LogP contribution in [0.1, 0.15) is 96.8 Å². The molecule has 0 aliphatic rings. The summed E-state index contributed by atoms with van der Waals surface area (Å²) in [6.07, 6.45) is 15.3. The summed E-state index contributed by atoms with van der Waals surface area (Å²) in [4.78, 5) is 23.3. The Balaban J connectivity index is 3.67. The van der Waals surface area contributed by atoms with Gasteiger partial charge in [0.15, 0.2) is 0 Å². The molecular formula is C23H48NO7P. The minimum atomic E-state index is -4.31. The smallest absolute Gasteiger partial charge is 0.463 e. The quantitative estimate of drug-likeness (QED) is 0.118. The van der Waals surface area contributed by atoms with Gasteiger partial charge in [0.05, 0.1) is 13.2 Å². The van der Waals surface area contributed by atoms with Gasteiger partial charge >= 0.3 is 13.8 Å². The van der Waals surface area contributed by atoms with Gasteiger partial charge in [-0.05, 0) is 20.5 Å². The van der Waals surface area contributed by atoms with E-state index in [1.54, 1.807) is 19.0 Å². The number of likely N-dealkylation sites (N-methyl/N-ethyl adjacent to an activating group) is 1. The van der Waals surface area contributed by atoms with E-state index in [0.29, 0.717) is 13.0 Å². The highest BCUT2D eigenvalue weighted by molar-refractivity contribution is 7.47. The molecule has 0 bridgehead atoms. The summed E-state index contributed by atoms with van der Waals surface area (Å²) in [5, 5.41) is 9.30. The highest BCUT2D eigenvalue weighted by Crippen LogP contribution is 2.44. The minimum Gasteiger partial charge on any atom is -0.463 e. The van der Waals surface area contributed by atoms with Crippen molar-refractivity contribution in [1.82, 2.24) is 4.90 Å². The van der Waals surface area contributed by atoms with Gasteiger partial charge in [0.1, 0.15) is 12.7 Å². The maximum absolute atomic E-state index is 11.9. The Labute approximate surface area is 195 Å². The number of carbonyl (C=O) groups is 1. The maximum Gasteiger partial charge on any atom is 0.472 e. The first-order valence-electron chi connectivity index (χ1n) is 12.4. The Kier molecular flexibility index (Phi) is 20.7. The zero-order valence-corrected chi connectivity index (χ0v) is 21.5. The van der Waals surface area contributed by atoms with Gasteiger partial charge in [-0.2, -0.15) is 0 Å². The number of phosphoric acid groups is 1. The van der Waals surface area contributed by atoms with Crippen LogP contribution in [-0.4, -0.2) is 67.4 Å². The second-order valence-electron chi connectivity index (χ2n) is 8.69. The van der Waals surface area contributed by atoms with Gasteiger partial charge in [-0.3, -0.25) is 13.8 Å². The summed E-state index contributed by atoms with van der Waals surface area (Å²) < 4.78 is 26.6. The van der Waals surface area contributed by atoms with Crippen molar-refractivity contribution >= 4 is 13.8 Å². The van der Waals surface area contributed by atoms with Crippen molar-refractivity contribution in [2.75, 3.05) is 40.5 Å². The number of phosphoric ester groups is 1. The molecule has 0 fully saturated rings. The lowest BCUT2D eigenvalue weighted by Crippen LogP contribution is -2.26. The molecule has 2 atom stereocenters. The summed E-state index contributed by atoms with van der Waals surface area (Å²) >= 11 is 0. The summed E-state index contributed by atoms with van der Waals surface area (Å²) in [6.45, 7) is 1.88. The average Bonchev–Trinajstić information content (AvgIpc) is 2.73. The van der Waals surface area contributed by atoms with Crippen LogP contribution in [0.3, 0.4) is 0 Å². The second kappa shape index (κ2) is 21.1. The number of hydrogen-bond acceptors (Lipinski definition) is 7. The van der Waals surface area contributed by atoms with Gasteiger partial charge in [0.25, 0.3) is 0 Å². The van der Waals surface area contributed by atoms with Crippen LogP contribution in [0.4, 0.5) is 0 Å². The molecule has 0 aliphatic heterocycles. The molecule has 0 aromatic heterocycles. The van der Waals surface area contributed by atoms with Crippen molar-refractivity contribution in [3.8, 4) is 0 Å².